The summed E-state index contributed by atoms with van der Waals surface area (Å²) in [6.07, 6.45) is -5.20. The van der Waals surface area contributed by atoms with Crippen LogP contribution in [0.5, 0.6) is 0 Å². The number of hydrogen-bond donors (Lipinski definition) is 3. The van der Waals surface area contributed by atoms with Crippen molar-refractivity contribution in [3.05, 3.63) is 71.6 Å². The predicted octanol–water partition coefficient (Wildman–Crippen LogP) is 6.08. The molecule has 202 valence electrons. The Morgan fingerprint density at radius 1 is 1.03 bits per heavy atom. The highest BCUT2D eigenvalue weighted by Crippen LogP contribution is 2.25. The molecule has 0 spiro atoms. The van der Waals surface area contributed by atoms with Gasteiger partial charge in [-0.25, -0.2) is 9.78 Å². The van der Waals surface area contributed by atoms with E-state index < -0.39 is 30.6 Å². The summed E-state index contributed by atoms with van der Waals surface area (Å²) in [5, 5.41) is 10.1. The molecular formula is C26H27F3N4O3S2. The number of unbranched alkanes of at least 4 members (excludes halogenated alkanes) is 1. The van der Waals surface area contributed by atoms with Crippen LogP contribution in [0, 0.1) is 0 Å². The summed E-state index contributed by atoms with van der Waals surface area (Å²) in [5.74, 6) is -0.476. The SMILES string of the molecule is O=C(N[C@@H](CCCCNC(=S)CC(F)(F)F)C(=O)Nc1nc(-c2ccccc2)cs1)OCc1ccccc1. The lowest BCUT2D eigenvalue weighted by atomic mass is 10.1. The topological polar surface area (TPSA) is 92.4 Å². The Hall–Kier alpha value is -3.51. The molecule has 0 aliphatic rings. The Balaban J connectivity index is 1.55. The van der Waals surface area contributed by atoms with Crippen LogP contribution in [0.3, 0.4) is 0 Å². The lowest BCUT2D eigenvalue weighted by Crippen LogP contribution is -2.44. The van der Waals surface area contributed by atoms with Crippen LogP contribution in [-0.2, 0) is 16.1 Å². The Morgan fingerprint density at radius 3 is 2.39 bits per heavy atom. The number of ether oxygens (including phenoxy) is 1. The van der Waals surface area contributed by atoms with Crippen LogP contribution in [0.2, 0.25) is 0 Å². The standard InChI is InChI=1S/C26H27F3N4O3S2/c27-26(28,29)15-22(37)30-14-8-7-13-20(32-25(35)36-16-18-9-3-1-4-10-18)23(34)33-24-31-21(17-38-24)19-11-5-2-6-12-19/h1-6,9-12,17,20H,7-8,13-16H2,(H,30,37)(H,32,35)(H,31,33,34)/t20-/m0/s1. The molecule has 12 heteroatoms. The van der Waals surface area contributed by atoms with E-state index in [0.29, 0.717) is 23.7 Å². The van der Waals surface area contributed by atoms with Gasteiger partial charge in [0.15, 0.2) is 5.13 Å². The van der Waals surface area contributed by atoms with Gasteiger partial charge in [0, 0.05) is 17.5 Å². The minimum Gasteiger partial charge on any atom is -0.445 e. The molecule has 0 unspecified atom stereocenters. The van der Waals surface area contributed by atoms with Crippen molar-refractivity contribution in [1.82, 2.24) is 15.6 Å². The summed E-state index contributed by atoms with van der Waals surface area (Å²) in [7, 11) is 0. The van der Waals surface area contributed by atoms with E-state index in [-0.39, 0.29) is 24.6 Å². The summed E-state index contributed by atoms with van der Waals surface area (Å²) in [6, 6.07) is 17.6. The summed E-state index contributed by atoms with van der Waals surface area (Å²) < 4.78 is 42.5. The van der Waals surface area contributed by atoms with Gasteiger partial charge in [0.05, 0.1) is 17.1 Å². The van der Waals surface area contributed by atoms with Gasteiger partial charge in [-0.05, 0) is 24.8 Å². The Bertz CT molecular complexity index is 1190. The van der Waals surface area contributed by atoms with Gasteiger partial charge in [-0.1, -0.05) is 72.9 Å². The summed E-state index contributed by atoms with van der Waals surface area (Å²) in [6.45, 7) is 0.253. The molecule has 1 heterocycles. The molecule has 0 radical (unpaired) electrons. The fraction of sp³-hybridized carbons (Fsp3) is 0.308. The molecule has 0 bridgehead atoms. The molecule has 0 saturated carbocycles. The van der Waals surface area contributed by atoms with Gasteiger partial charge in [-0.2, -0.15) is 13.2 Å². The van der Waals surface area contributed by atoms with E-state index in [1.54, 1.807) is 12.1 Å². The molecule has 3 aromatic rings. The highest BCUT2D eigenvalue weighted by atomic mass is 32.1. The predicted molar refractivity (Wildman–Crippen MR) is 145 cm³/mol. The normalized spacial score (nSPS) is 11.9. The zero-order valence-corrected chi connectivity index (χ0v) is 21.9. The first kappa shape index (κ1) is 29.1. The monoisotopic (exact) mass is 564 g/mol. The van der Waals surface area contributed by atoms with Crippen molar-refractivity contribution in [1.29, 1.82) is 0 Å². The molecule has 0 saturated heterocycles. The zero-order valence-electron chi connectivity index (χ0n) is 20.3. The number of aromatic nitrogens is 1. The van der Waals surface area contributed by atoms with Crippen LogP contribution in [0.15, 0.2) is 66.0 Å². The van der Waals surface area contributed by atoms with E-state index in [2.05, 4.69) is 20.9 Å². The molecule has 0 fully saturated rings. The average Bonchev–Trinajstić information content (AvgIpc) is 3.35. The van der Waals surface area contributed by atoms with Gasteiger partial charge in [-0.15, -0.1) is 11.3 Å². The van der Waals surface area contributed by atoms with Gasteiger partial charge in [0.2, 0.25) is 5.91 Å². The van der Waals surface area contributed by atoms with Gasteiger partial charge in [0.1, 0.15) is 12.6 Å². The number of amides is 2. The quantitative estimate of drug-likeness (QED) is 0.182. The molecular weight excluding hydrogens is 537 g/mol. The smallest absolute Gasteiger partial charge is 0.408 e. The number of anilines is 1. The minimum atomic E-state index is -4.37. The van der Waals surface area contributed by atoms with E-state index in [1.165, 1.54) is 11.3 Å². The lowest BCUT2D eigenvalue weighted by Gasteiger charge is -2.18. The van der Waals surface area contributed by atoms with Crippen LogP contribution in [-0.4, -0.2) is 40.7 Å². The molecule has 3 N–H and O–H groups in total. The van der Waals surface area contributed by atoms with Crippen LogP contribution >= 0.6 is 23.6 Å². The second-order valence-corrected chi connectivity index (χ2v) is 9.64. The van der Waals surface area contributed by atoms with Crippen molar-refractivity contribution < 1.29 is 27.5 Å². The molecule has 2 amide bonds. The van der Waals surface area contributed by atoms with Crippen molar-refractivity contribution in [3.63, 3.8) is 0 Å². The number of nitrogens with one attached hydrogen (secondary N) is 3. The third-order valence-corrected chi connectivity index (χ3v) is 6.27. The number of rotatable bonds is 12. The third kappa shape index (κ3) is 10.5. The van der Waals surface area contributed by atoms with Crippen LogP contribution in [0.25, 0.3) is 11.3 Å². The number of thiazole rings is 1. The van der Waals surface area contributed by atoms with E-state index >= 15 is 0 Å². The summed E-state index contributed by atoms with van der Waals surface area (Å²) in [4.78, 5) is 29.6. The number of alkyl halides is 3. The van der Waals surface area contributed by atoms with Crippen molar-refractivity contribution in [2.24, 2.45) is 0 Å². The van der Waals surface area contributed by atoms with E-state index in [4.69, 9.17) is 17.0 Å². The zero-order chi connectivity index (χ0) is 27.4. The van der Waals surface area contributed by atoms with Gasteiger partial charge >= 0.3 is 12.3 Å². The molecule has 7 nitrogen and oxygen atoms in total. The van der Waals surface area contributed by atoms with Crippen molar-refractivity contribution >= 4 is 45.7 Å². The van der Waals surface area contributed by atoms with Crippen LogP contribution in [0.4, 0.5) is 23.1 Å². The maximum atomic E-state index is 13.0. The van der Waals surface area contributed by atoms with Crippen molar-refractivity contribution in [3.8, 4) is 11.3 Å². The molecule has 1 atom stereocenters. The molecule has 38 heavy (non-hydrogen) atoms. The molecule has 0 aliphatic heterocycles. The lowest BCUT2D eigenvalue weighted by molar-refractivity contribution is -0.121. The third-order valence-electron chi connectivity index (χ3n) is 5.23. The first-order valence-corrected chi connectivity index (χ1v) is 13.1. The van der Waals surface area contributed by atoms with Gasteiger partial charge in [0.25, 0.3) is 0 Å². The van der Waals surface area contributed by atoms with E-state index in [0.717, 1.165) is 11.1 Å². The number of alkyl carbamates (subject to hydrolysis) is 1. The van der Waals surface area contributed by atoms with Crippen LogP contribution < -0.4 is 16.0 Å². The second kappa shape index (κ2) is 14.4. The van der Waals surface area contributed by atoms with Crippen LogP contribution in [0.1, 0.15) is 31.2 Å². The van der Waals surface area contributed by atoms with Crippen molar-refractivity contribution in [2.45, 2.75) is 44.5 Å². The number of hydrogen-bond acceptors (Lipinski definition) is 6. The fourth-order valence-electron chi connectivity index (χ4n) is 3.39. The maximum Gasteiger partial charge on any atom is 0.408 e. The first-order valence-electron chi connectivity index (χ1n) is 11.8. The number of carbonyl (C=O) groups is 2. The number of halogens is 3. The Kier molecular flexibility index (Phi) is 11.0. The highest BCUT2D eigenvalue weighted by Gasteiger charge is 2.29. The highest BCUT2D eigenvalue weighted by molar-refractivity contribution is 7.80. The van der Waals surface area contributed by atoms with Gasteiger partial charge in [-0.3, -0.25) is 4.79 Å². The van der Waals surface area contributed by atoms with Gasteiger partial charge < -0.3 is 20.7 Å². The average molecular weight is 565 g/mol. The minimum absolute atomic E-state index is 0.0362. The maximum absolute atomic E-state index is 13.0. The number of nitrogens with zero attached hydrogens (tertiary/aromatic N) is 1. The molecule has 0 aliphatic carbocycles. The largest absolute Gasteiger partial charge is 0.445 e. The second-order valence-electron chi connectivity index (χ2n) is 8.29. The number of carbonyl (C=O) groups excluding carboxylic acids is 2. The number of thiocarbonyl (C=S) groups is 1. The summed E-state index contributed by atoms with van der Waals surface area (Å²) in [5.41, 5.74) is 2.40. The first-order chi connectivity index (χ1) is 18.2. The fourth-order valence-corrected chi connectivity index (χ4v) is 4.38. The molecule has 2 aromatic carbocycles. The molecule has 3 rings (SSSR count). The Labute approximate surface area is 227 Å². The van der Waals surface area contributed by atoms with E-state index in [1.807, 2.05) is 53.9 Å². The number of benzene rings is 2. The molecule has 1 aromatic heterocycles. The summed E-state index contributed by atoms with van der Waals surface area (Å²) >= 11 is 5.96. The van der Waals surface area contributed by atoms with E-state index in [9.17, 15) is 22.8 Å². The van der Waals surface area contributed by atoms with Crippen molar-refractivity contribution in [2.75, 3.05) is 11.9 Å². The Morgan fingerprint density at radius 2 is 1.71 bits per heavy atom.